The van der Waals surface area contributed by atoms with E-state index in [1.807, 2.05) is 0 Å². The molecule has 1 rings (SSSR count). The van der Waals surface area contributed by atoms with Gasteiger partial charge in [0.25, 0.3) is 0 Å². The summed E-state index contributed by atoms with van der Waals surface area (Å²) in [4.78, 5) is 0. The van der Waals surface area contributed by atoms with Gasteiger partial charge in [0.05, 0.1) is 6.10 Å². The van der Waals surface area contributed by atoms with Crippen LogP contribution in [0.5, 0.6) is 0 Å². The second-order valence-corrected chi connectivity index (χ2v) is 1.52. The minimum atomic E-state index is -1.54. The Morgan fingerprint density at radius 3 is 2.83 bits per heavy atom. The number of hydrogen-bond donors (Lipinski definition) is 2. The monoisotopic (exact) mass is 89.1 g/mol. The highest BCUT2D eigenvalue weighted by molar-refractivity contribution is 4.82. The van der Waals surface area contributed by atoms with Gasteiger partial charge in [-0.1, -0.05) is 0 Å². The molecule has 1 saturated heterocycles. The van der Waals surface area contributed by atoms with Crippen LogP contribution in [0.1, 0.15) is 9.67 Å². The molecule has 2 heteroatoms. The Bertz CT molecular complexity index is 106. The minimum Gasteiger partial charge on any atom is -0.390 e. The summed E-state index contributed by atoms with van der Waals surface area (Å²) < 4.78 is 13.8. The van der Waals surface area contributed by atoms with E-state index >= 15 is 0 Å². The van der Waals surface area contributed by atoms with E-state index in [1.54, 1.807) is 6.92 Å². The van der Waals surface area contributed by atoms with Crippen molar-refractivity contribution in [3.05, 3.63) is 0 Å². The summed E-state index contributed by atoms with van der Waals surface area (Å²) in [6.45, 7) is 0.200. The van der Waals surface area contributed by atoms with Crippen molar-refractivity contribution >= 4 is 0 Å². The molecule has 2 nitrogen and oxygen atoms in total. The summed E-state index contributed by atoms with van der Waals surface area (Å²) >= 11 is 0. The Kier molecular flexibility index (Phi) is 0.459. The second kappa shape index (κ2) is 1.21. The fraction of sp³-hybridized carbons (Fsp3) is 1.00. The highest BCUT2D eigenvalue weighted by Crippen LogP contribution is 1.99. The van der Waals surface area contributed by atoms with Crippen LogP contribution in [0, 0.1) is 0 Å². The molecule has 0 aliphatic carbocycles. The molecule has 0 spiro atoms. The molecule has 36 valence electrons. The predicted molar refractivity (Wildman–Crippen MR) is 23.5 cm³/mol. The molecule has 0 aromatic heterocycles. The van der Waals surface area contributed by atoms with Crippen LogP contribution in [0.3, 0.4) is 0 Å². The van der Waals surface area contributed by atoms with E-state index < -0.39 is 12.6 Å². The van der Waals surface area contributed by atoms with E-state index in [0.717, 1.165) is 0 Å². The van der Waals surface area contributed by atoms with Gasteiger partial charge >= 0.3 is 0 Å². The number of rotatable bonds is 0. The van der Waals surface area contributed by atoms with Gasteiger partial charge in [0.2, 0.25) is 0 Å². The Morgan fingerprint density at radius 2 is 2.83 bits per heavy atom. The van der Waals surface area contributed by atoms with Gasteiger partial charge in [-0.15, -0.1) is 0 Å². The van der Waals surface area contributed by atoms with E-state index in [9.17, 15) is 0 Å². The summed E-state index contributed by atoms with van der Waals surface area (Å²) in [5, 5.41) is 11.3. The summed E-state index contributed by atoms with van der Waals surface area (Å²) in [5.41, 5.74) is 0. The number of aliphatic hydroxyl groups is 1. The molecule has 0 bridgehead atoms. The van der Waals surface area contributed by atoms with Crippen molar-refractivity contribution in [2.45, 2.75) is 19.1 Å². The molecule has 1 heterocycles. The minimum absolute atomic E-state index is 0.0926. The van der Waals surface area contributed by atoms with Crippen molar-refractivity contribution in [2.24, 2.45) is 0 Å². The predicted octanol–water partition coefficient (Wildman–Crippen LogP) is -0.661. The Balaban J connectivity index is 2.47. The fourth-order valence-corrected chi connectivity index (χ4v) is 0.325. The maximum atomic E-state index is 8.81. The molecule has 1 fully saturated rings. The zero-order valence-corrected chi connectivity index (χ0v) is 3.60. The second-order valence-electron chi connectivity index (χ2n) is 1.52. The van der Waals surface area contributed by atoms with Crippen molar-refractivity contribution < 1.29 is 7.85 Å². The van der Waals surface area contributed by atoms with Gasteiger partial charge in [0.15, 0.2) is 0 Å². The lowest BCUT2D eigenvalue weighted by atomic mass is 10.1. The summed E-state index contributed by atoms with van der Waals surface area (Å²) in [7, 11) is 0. The number of hydrogen-bond acceptors (Lipinski definition) is 2. The molecule has 0 unspecified atom stereocenters. The average molecular weight is 89.1 g/mol. The van der Waals surface area contributed by atoms with Crippen molar-refractivity contribution in [3.63, 3.8) is 0 Å². The molecule has 0 aromatic rings. The number of β-amino-alcohol motifs (C(OH)–C–C–N with tert-alkyl or cyclic N) is 1. The van der Waals surface area contributed by atoms with Crippen LogP contribution in [0.2, 0.25) is 0 Å². The molecule has 6 heavy (non-hydrogen) atoms. The quantitative estimate of drug-likeness (QED) is 0.413. The first-order valence-electron chi connectivity index (χ1n) is 3.00. The van der Waals surface area contributed by atoms with Crippen LogP contribution in [-0.4, -0.2) is 23.7 Å². The van der Waals surface area contributed by atoms with E-state index in [2.05, 4.69) is 5.32 Å². The van der Waals surface area contributed by atoms with Crippen molar-refractivity contribution in [3.8, 4) is 0 Å². The molecule has 2 atom stereocenters. The summed E-state index contributed by atoms with van der Waals surface area (Å²) in [6.07, 6.45) is -0.831. The van der Waals surface area contributed by atoms with Gasteiger partial charge in [0, 0.05) is 15.3 Å². The van der Waals surface area contributed by atoms with Gasteiger partial charge in [-0.05, 0) is 6.92 Å². The average Bonchev–Trinajstić information content (AvgIpc) is 1.65. The topological polar surface area (TPSA) is 32.3 Å². The Hall–Kier alpha value is -0.0800. The summed E-state index contributed by atoms with van der Waals surface area (Å²) in [5.74, 6) is 0. The van der Waals surface area contributed by atoms with Crippen LogP contribution in [0.15, 0.2) is 0 Å². The molecule has 0 radical (unpaired) electrons. The van der Waals surface area contributed by atoms with Crippen molar-refractivity contribution in [1.82, 2.24) is 5.32 Å². The molecule has 1 aliphatic rings. The van der Waals surface area contributed by atoms with Gasteiger partial charge < -0.3 is 10.4 Å². The lowest BCUT2D eigenvalue weighted by Crippen LogP contribution is -2.55. The lowest BCUT2D eigenvalue weighted by Gasteiger charge is -2.30. The molecule has 2 N–H and O–H groups in total. The largest absolute Gasteiger partial charge is 0.390 e. The first kappa shape index (κ1) is 2.28. The third-order valence-corrected chi connectivity index (χ3v) is 0.932. The maximum absolute atomic E-state index is 8.81. The normalized spacial score (nSPS) is 58.3. The summed E-state index contributed by atoms with van der Waals surface area (Å²) in [6, 6.07) is -0.0926. The van der Waals surface area contributed by atoms with Gasteiger partial charge in [-0.3, -0.25) is 0 Å². The number of aliphatic hydroxyl groups excluding tert-OH is 1. The molecule has 0 aromatic carbocycles. The van der Waals surface area contributed by atoms with Crippen LogP contribution in [0.4, 0.5) is 0 Å². The van der Waals surface area contributed by atoms with E-state index in [1.165, 1.54) is 0 Å². The van der Waals surface area contributed by atoms with Gasteiger partial charge in [-0.25, -0.2) is 0 Å². The number of nitrogens with one attached hydrogen (secondary N) is 1. The van der Waals surface area contributed by atoms with Crippen molar-refractivity contribution in [1.29, 1.82) is 0 Å². The molecular formula is C4H9NO. The fourth-order valence-electron chi connectivity index (χ4n) is 0.325. The maximum Gasteiger partial charge on any atom is 0.0814 e. The van der Waals surface area contributed by atoms with Gasteiger partial charge in [-0.2, -0.15) is 0 Å². The molecule has 0 saturated carbocycles. The smallest absolute Gasteiger partial charge is 0.0814 e. The molecule has 0 amide bonds. The van der Waals surface area contributed by atoms with Crippen LogP contribution < -0.4 is 5.32 Å². The van der Waals surface area contributed by atoms with Crippen LogP contribution >= 0.6 is 0 Å². The van der Waals surface area contributed by atoms with Crippen molar-refractivity contribution in [2.75, 3.05) is 6.50 Å². The third-order valence-electron chi connectivity index (χ3n) is 0.932. The van der Waals surface area contributed by atoms with Gasteiger partial charge in [0.1, 0.15) is 0 Å². The SMILES string of the molecule is [2H]C1([2H])N[C@@H](C)[C@@H]1O. The zero-order valence-electron chi connectivity index (χ0n) is 5.60. The van der Waals surface area contributed by atoms with Crippen LogP contribution in [0.25, 0.3) is 0 Å². The first-order valence-corrected chi connectivity index (χ1v) is 2.00. The standard InChI is InChI=1S/C4H9NO/c1-3-4(6)2-5-3/h3-6H,2H2,1H3/t3-,4+/m0/s1/i2D2. The Morgan fingerprint density at radius 1 is 2.17 bits per heavy atom. The molecule has 1 aliphatic heterocycles. The highest BCUT2D eigenvalue weighted by Gasteiger charge is 2.21. The zero-order chi connectivity index (χ0) is 6.36. The third kappa shape index (κ3) is 0.420. The lowest BCUT2D eigenvalue weighted by molar-refractivity contribution is 0.0704. The Labute approximate surface area is 40.0 Å². The van der Waals surface area contributed by atoms with E-state index in [-0.39, 0.29) is 6.04 Å². The molecular weight excluding hydrogens is 78.0 g/mol. The van der Waals surface area contributed by atoms with E-state index in [0.29, 0.717) is 0 Å². The van der Waals surface area contributed by atoms with Crippen LogP contribution in [-0.2, 0) is 0 Å². The van der Waals surface area contributed by atoms with E-state index in [4.69, 9.17) is 7.85 Å². The highest BCUT2D eigenvalue weighted by atomic mass is 16.3. The first-order chi connectivity index (χ1) is 3.54.